The van der Waals surface area contributed by atoms with Crippen LogP contribution >= 0.6 is 0 Å². The van der Waals surface area contributed by atoms with Crippen LogP contribution < -0.4 is 4.74 Å². The molecule has 0 spiro atoms. The Morgan fingerprint density at radius 2 is 2.36 bits per heavy atom. The molecule has 74 valence electrons. The molecule has 0 bridgehead atoms. The molecule has 0 aliphatic heterocycles. The zero-order chi connectivity index (χ0) is 10.4. The molecule has 0 fully saturated rings. The third-order valence-corrected chi connectivity index (χ3v) is 1.68. The predicted octanol–water partition coefficient (Wildman–Crippen LogP) is 0.810. The quantitative estimate of drug-likeness (QED) is 0.301. The van der Waals surface area contributed by atoms with Gasteiger partial charge in [0, 0.05) is 12.1 Å². The van der Waals surface area contributed by atoms with E-state index in [2.05, 4.69) is 12.8 Å². The van der Waals surface area contributed by atoms with E-state index in [1.807, 2.05) is 0 Å². The van der Waals surface area contributed by atoms with Crippen molar-refractivity contribution in [1.29, 1.82) is 0 Å². The van der Waals surface area contributed by atoms with Gasteiger partial charge in [0.25, 0.3) is 5.69 Å². The lowest BCUT2D eigenvalue weighted by atomic mass is 10.0. The molecule has 0 radical (unpaired) electrons. The van der Waals surface area contributed by atoms with Crippen molar-refractivity contribution in [2.75, 3.05) is 6.61 Å². The molecule has 0 aliphatic carbocycles. The lowest BCUT2D eigenvalue weighted by Gasteiger charge is -2.02. The van der Waals surface area contributed by atoms with Gasteiger partial charge in [0.15, 0.2) is 0 Å². The second-order valence-corrected chi connectivity index (χ2v) is 2.81. The van der Waals surface area contributed by atoms with Crippen LogP contribution in [0.25, 0.3) is 0 Å². The molecule has 0 saturated heterocycles. The van der Waals surface area contributed by atoms with E-state index in [-0.39, 0.29) is 5.69 Å². The van der Waals surface area contributed by atoms with Gasteiger partial charge in [-0.3, -0.25) is 10.1 Å². The Labute approximate surface area is 82.7 Å². The van der Waals surface area contributed by atoms with Crippen molar-refractivity contribution in [2.24, 2.45) is 0 Å². The molecule has 1 aromatic rings. The molecular formula is C8H11BN2O3. The van der Waals surface area contributed by atoms with Crippen molar-refractivity contribution in [3.8, 4) is 5.88 Å². The largest absolute Gasteiger partial charge is 0.478 e. The molecule has 0 atom stereocenters. The second kappa shape index (κ2) is 5.21. The van der Waals surface area contributed by atoms with Gasteiger partial charge >= 0.3 is 0 Å². The summed E-state index contributed by atoms with van der Waals surface area (Å²) in [7, 11) is 2.06. The van der Waals surface area contributed by atoms with Crippen LogP contribution in [0.15, 0.2) is 18.3 Å². The minimum absolute atomic E-state index is 0.0205. The first kappa shape index (κ1) is 10.5. The van der Waals surface area contributed by atoms with Crippen LogP contribution in [0.5, 0.6) is 5.88 Å². The van der Waals surface area contributed by atoms with Crippen molar-refractivity contribution in [3.63, 3.8) is 0 Å². The number of aromatic nitrogens is 1. The minimum atomic E-state index is -0.483. The summed E-state index contributed by atoms with van der Waals surface area (Å²) in [6, 6.07) is 2.89. The molecule has 14 heavy (non-hydrogen) atoms. The van der Waals surface area contributed by atoms with E-state index < -0.39 is 4.92 Å². The minimum Gasteiger partial charge on any atom is -0.478 e. The maximum atomic E-state index is 10.3. The van der Waals surface area contributed by atoms with E-state index in [0.717, 1.165) is 12.7 Å². The number of ether oxygens (including phenoxy) is 1. The Morgan fingerprint density at radius 3 is 2.86 bits per heavy atom. The van der Waals surface area contributed by atoms with E-state index in [0.29, 0.717) is 12.5 Å². The molecule has 0 aliphatic rings. The summed E-state index contributed by atoms with van der Waals surface area (Å²) in [4.78, 5) is 13.6. The zero-order valence-electron chi connectivity index (χ0n) is 7.97. The van der Waals surface area contributed by atoms with Gasteiger partial charge in [-0.15, -0.1) is 0 Å². The predicted molar refractivity (Wildman–Crippen MR) is 54.4 cm³/mol. The first-order chi connectivity index (χ1) is 6.74. The Kier molecular flexibility index (Phi) is 3.91. The normalized spacial score (nSPS) is 9.71. The van der Waals surface area contributed by atoms with E-state index >= 15 is 0 Å². The van der Waals surface area contributed by atoms with E-state index in [1.54, 1.807) is 0 Å². The van der Waals surface area contributed by atoms with Gasteiger partial charge in [-0.1, -0.05) is 6.32 Å². The van der Waals surface area contributed by atoms with Crippen LogP contribution in [0.3, 0.4) is 0 Å². The van der Waals surface area contributed by atoms with Gasteiger partial charge in [0.1, 0.15) is 14.0 Å². The second-order valence-electron chi connectivity index (χ2n) is 2.81. The maximum absolute atomic E-state index is 10.3. The third kappa shape index (κ3) is 3.04. The Balaban J connectivity index is 2.51. The van der Waals surface area contributed by atoms with Crippen molar-refractivity contribution < 1.29 is 9.66 Å². The number of pyridine rings is 1. The lowest BCUT2D eigenvalue weighted by molar-refractivity contribution is -0.385. The van der Waals surface area contributed by atoms with Crippen LogP contribution in [0.4, 0.5) is 5.69 Å². The summed E-state index contributed by atoms with van der Waals surface area (Å²) >= 11 is 0. The monoisotopic (exact) mass is 194 g/mol. The number of rotatable bonds is 5. The van der Waals surface area contributed by atoms with E-state index in [4.69, 9.17) is 4.74 Å². The van der Waals surface area contributed by atoms with Crippen molar-refractivity contribution in [2.45, 2.75) is 12.7 Å². The molecule has 0 saturated carbocycles. The standard InChI is InChI=1S/C8H11BN2O3/c9-4-1-5-14-8-3-2-7(6-10-8)11(12)13/h2-3,6H,1,4-5,9H2. The summed E-state index contributed by atoms with van der Waals surface area (Å²) in [5.41, 5.74) is -0.0205. The average Bonchev–Trinajstić information content (AvgIpc) is 2.19. The highest BCUT2D eigenvalue weighted by atomic mass is 16.6. The van der Waals surface area contributed by atoms with Crippen molar-refractivity contribution in [3.05, 3.63) is 28.4 Å². The fraction of sp³-hybridized carbons (Fsp3) is 0.375. The molecule has 1 aromatic heterocycles. The molecular weight excluding hydrogens is 183 g/mol. The molecule has 0 unspecified atom stereocenters. The fourth-order valence-electron chi connectivity index (χ4n) is 0.887. The fourth-order valence-corrected chi connectivity index (χ4v) is 0.887. The SMILES string of the molecule is BCCCOc1ccc([N+](=O)[O-])cn1. The number of hydrogen-bond acceptors (Lipinski definition) is 4. The molecule has 5 nitrogen and oxygen atoms in total. The molecule has 0 aromatic carbocycles. The smallest absolute Gasteiger partial charge is 0.287 e. The van der Waals surface area contributed by atoms with Crippen molar-refractivity contribution >= 4 is 13.5 Å². The molecule has 0 N–H and O–H groups in total. The zero-order valence-corrected chi connectivity index (χ0v) is 7.97. The van der Waals surface area contributed by atoms with E-state index in [1.165, 1.54) is 18.3 Å². The summed E-state index contributed by atoms with van der Waals surface area (Å²) in [5, 5.41) is 10.3. The van der Waals surface area contributed by atoms with Crippen LogP contribution in [-0.4, -0.2) is 24.4 Å². The van der Waals surface area contributed by atoms with Gasteiger partial charge in [-0.05, 0) is 6.42 Å². The number of hydrogen-bond donors (Lipinski definition) is 0. The highest BCUT2D eigenvalue weighted by molar-refractivity contribution is 6.08. The van der Waals surface area contributed by atoms with Gasteiger partial charge < -0.3 is 4.74 Å². The lowest BCUT2D eigenvalue weighted by Crippen LogP contribution is -1.99. The Bertz CT molecular complexity index is 302. The van der Waals surface area contributed by atoms with Gasteiger partial charge in [-0.2, -0.15) is 0 Å². The van der Waals surface area contributed by atoms with Gasteiger partial charge in [0.2, 0.25) is 5.88 Å². The Hall–Kier alpha value is -1.59. The topological polar surface area (TPSA) is 65.3 Å². The van der Waals surface area contributed by atoms with Crippen LogP contribution in [0, 0.1) is 10.1 Å². The first-order valence-corrected chi connectivity index (χ1v) is 4.47. The van der Waals surface area contributed by atoms with Crippen LogP contribution in [0.1, 0.15) is 6.42 Å². The van der Waals surface area contributed by atoms with Gasteiger partial charge in [0.05, 0.1) is 11.5 Å². The van der Waals surface area contributed by atoms with Crippen molar-refractivity contribution in [1.82, 2.24) is 4.98 Å². The third-order valence-electron chi connectivity index (χ3n) is 1.68. The molecule has 1 heterocycles. The average molecular weight is 194 g/mol. The van der Waals surface area contributed by atoms with Gasteiger partial charge in [-0.25, -0.2) is 4.98 Å². The Morgan fingerprint density at radius 1 is 1.57 bits per heavy atom. The summed E-state index contributed by atoms with van der Waals surface area (Å²) in [6.07, 6.45) is 3.20. The summed E-state index contributed by atoms with van der Waals surface area (Å²) in [5.74, 6) is 0.434. The highest BCUT2D eigenvalue weighted by Crippen LogP contribution is 2.13. The molecule has 1 rings (SSSR count). The van der Waals surface area contributed by atoms with E-state index in [9.17, 15) is 10.1 Å². The molecule has 6 heteroatoms. The first-order valence-electron chi connectivity index (χ1n) is 4.47. The summed E-state index contributed by atoms with van der Waals surface area (Å²) in [6.45, 7) is 0.599. The highest BCUT2D eigenvalue weighted by Gasteiger charge is 2.04. The number of nitro groups is 1. The van der Waals surface area contributed by atoms with Crippen LogP contribution in [0.2, 0.25) is 6.32 Å². The van der Waals surface area contributed by atoms with Crippen LogP contribution in [-0.2, 0) is 0 Å². The maximum Gasteiger partial charge on any atom is 0.287 e. The number of nitrogens with zero attached hydrogens (tertiary/aromatic N) is 2. The summed E-state index contributed by atoms with van der Waals surface area (Å²) < 4.78 is 5.25. The molecule has 0 amide bonds.